The van der Waals surface area contributed by atoms with Crippen molar-refractivity contribution >= 4 is 0 Å². The molecule has 1 aromatic carbocycles. The van der Waals surface area contributed by atoms with Gasteiger partial charge in [-0.25, -0.2) is 9.36 Å². The van der Waals surface area contributed by atoms with E-state index < -0.39 is 11.2 Å². The summed E-state index contributed by atoms with van der Waals surface area (Å²) >= 11 is 0. The summed E-state index contributed by atoms with van der Waals surface area (Å²) in [5.74, 6) is -0.299. The predicted octanol–water partition coefficient (Wildman–Crippen LogP) is 1.03. The maximum Gasteiger partial charge on any atom is 0.335 e. The summed E-state index contributed by atoms with van der Waals surface area (Å²) in [6, 6.07) is 5.67. The van der Waals surface area contributed by atoms with Crippen LogP contribution in [0.25, 0.3) is 5.69 Å². The van der Waals surface area contributed by atoms with Gasteiger partial charge >= 0.3 is 5.69 Å². The van der Waals surface area contributed by atoms with Gasteiger partial charge in [-0.05, 0) is 49.4 Å². The van der Waals surface area contributed by atoms with Crippen LogP contribution in [0.1, 0.15) is 23.1 Å². The van der Waals surface area contributed by atoms with Crippen molar-refractivity contribution in [3.05, 3.63) is 55.7 Å². The minimum atomic E-state index is -0.619. The van der Waals surface area contributed by atoms with Crippen LogP contribution in [-0.2, 0) is 12.8 Å². The maximum absolute atomic E-state index is 11.9. The zero-order valence-corrected chi connectivity index (χ0v) is 10.6. The highest BCUT2D eigenvalue weighted by Crippen LogP contribution is 2.25. The van der Waals surface area contributed by atoms with Crippen LogP contribution in [0.5, 0.6) is 5.88 Å². The number of fused-ring (bicyclic) bond motifs is 1. The molecule has 3 rings (SSSR count). The van der Waals surface area contributed by atoms with E-state index >= 15 is 0 Å². The molecule has 5 nitrogen and oxygen atoms in total. The Bertz CT molecular complexity index is 771. The van der Waals surface area contributed by atoms with Gasteiger partial charge in [-0.3, -0.25) is 9.78 Å². The van der Waals surface area contributed by atoms with E-state index in [0.29, 0.717) is 5.69 Å². The fourth-order valence-electron chi connectivity index (χ4n) is 2.55. The highest BCUT2D eigenvalue weighted by Gasteiger charge is 2.15. The first-order chi connectivity index (χ1) is 9.08. The molecule has 98 valence electrons. The Morgan fingerprint density at radius 3 is 2.74 bits per heavy atom. The topological polar surface area (TPSA) is 75.1 Å². The third-order valence-electron chi connectivity index (χ3n) is 3.65. The third-order valence-corrected chi connectivity index (χ3v) is 3.65. The number of rotatable bonds is 1. The lowest BCUT2D eigenvalue weighted by molar-refractivity contribution is 0.426. The van der Waals surface area contributed by atoms with Gasteiger partial charge in [-0.2, -0.15) is 0 Å². The van der Waals surface area contributed by atoms with E-state index in [1.807, 2.05) is 12.1 Å². The molecule has 2 aromatic rings. The molecular formula is C14H14N2O3. The van der Waals surface area contributed by atoms with Crippen LogP contribution in [0.3, 0.4) is 0 Å². The molecule has 1 heterocycles. The molecule has 0 unspecified atom stereocenters. The minimum absolute atomic E-state index is 0.139. The number of H-pyrrole nitrogens is 1. The lowest BCUT2D eigenvalue weighted by Crippen LogP contribution is -2.30. The van der Waals surface area contributed by atoms with Crippen LogP contribution in [0.2, 0.25) is 0 Å². The first-order valence-electron chi connectivity index (χ1n) is 6.25. The van der Waals surface area contributed by atoms with Gasteiger partial charge in [-0.15, -0.1) is 0 Å². The van der Waals surface area contributed by atoms with Crippen LogP contribution in [-0.4, -0.2) is 14.7 Å². The summed E-state index contributed by atoms with van der Waals surface area (Å²) in [5.41, 5.74) is 2.04. The molecule has 1 aliphatic rings. The van der Waals surface area contributed by atoms with E-state index in [2.05, 4.69) is 4.98 Å². The fourth-order valence-corrected chi connectivity index (χ4v) is 2.55. The number of hydrogen-bond acceptors (Lipinski definition) is 3. The van der Waals surface area contributed by atoms with Crippen LogP contribution < -0.4 is 11.2 Å². The monoisotopic (exact) mass is 258 g/mol. The summed E-state index contributed by atoms with van der Waals surface area (Å²) in [6.07, 6.45) is 3.16. The number of hydrogen-bond donors (Lipinski definition) is 2. The number of aromatic hydroxyl groups is 1. The molecule has 5 heteroatoms. The lowest BCUT2D eigenvalue weighted by atomic mass is 10.1. The molecule has 1 aromatic heterocycles. The molecule has 0 bridgehead atoms. The van der Waals surface area contributed by atoms with Crippen molar-refractivity contribution in [2.45, 2.75) is 26.2 Å². The molecule has 0 saturated heterocycles. The summed E-state index contributed by atoms with van der Waals surface area (Å²) in [6.45, 7) is 1.48. The molecule has 0 aliphatic heterocycles. The zero-order valence-electron chi connectivity index (χ0n) is 10.6. The number of nitrogens with one attached hydrogen (secondary N) is 1. The number of aromatic amines is 1. The molecule has 0 saturated carbocycles. The summed E-state index contributed by atoms with van der Waals surface area (Å²) in [5, 5.41) is 10.0. The van der Waals surface area contributed by atoms with E-state index in [9.17, 15) is 14.7 Å². The van der Waals surface area contributed by atoms with Crippen molar-refractivity contribution in [2.75, 3.05) is 0 Å². The molecule has 2 N–H and O–H groups in total. The quantitative estimate of drug-likeness (QED) is 0.802. The van der Waals surface area contributed by atoms with E-state index in [-0.39, 0.29) is 11.4 Å². The average molecular weight is 258 g/mol. The molecular weight excluding hydrogens is 244 g/mol. The van der Waals surface area contributed by atoms with Gasteiger partial charge < -0.3 is 5.11 Å². The Labute approximate surface area is 109 Å². The van der Waals surface area contributed by atoms with E-state index in [4.69, 9.17) is 0 Å². The van der Waals surface area contributed by atoms with Gasteiger partial charge in [0.05, 0.1) is 11.3 Å². The summed E-state index contributed by atoms with van der Waals surface area (Å²) in [7, 11) is 0. The Hall–Kier alpha value is -2.30. The van der Waals surface area contributed by atoms with Gasteiger partial charge in [0.25, 0.3) is 5.56 Å². The smallest absolute Gasteiger partial charge is 0.335 e. The van der Waals surface area contributed by atoms with Crippen molar-refractivity contribution in [2.24, 2.45) is 0 Å². The third kappa shape index (κ3) is 1.78. The van der Waals surface area contributed by atoms with Gasteiger partial charge in [0.1, 0.15) is 0 Å². The number of benzene rings is 1. The van der Waals surface area contributed by atoms with Crippen LogP contribution in [0.4, 0.5) is 0 Å². The van der Waals surface area contributed by atoms with Crippen molar-refractivity contribution in [3.63, 3.8) is 0 Å². The Morgan fingerprint density at radius 1 is 1.21 bits per heavy atom. The largest absolute Gasteiger partial charge is 0.494 e. The SMILES string of the molecule is Cc1c(O)n(-c2ccc3c(c2)CCC3)c(=O)[nH]c1=O. The van der Waals surface area contributed by atoms with Crippen molar-refractivity contribution in [3.8, 4) is 11.6 Å². The molecule has 0 amide bonds. The molecule has 0 atom stereocenters. The second-order valence-electron chi connectivity index (χ2n) is 4.85. The summed E-state index contributed by atoms with van der Waals surface area (Å²) in [4.78, 5) is 25.5. The highest BCUT2D eigenvalue weighted by molar-refractivity contribution is 5.45. The highest BCUT2D eigenvalue weighted by atomic mass is 16.3. The van der Waals surface area contributed by atoms with Crippen molar-refractivity contribution in [1.29, 1.82) is 0 Å². The normalized spacial score (nSPS) is 13.5. The Morgan fingerprint density at radius 2 is 1.95 bits per heavy atom. The average Bonchev–Trinajstić information content (AvgIpc) is 2.83. The first kappa shape index (κ1) is 11.8. The first-order valence-corrected chi connectivity index (χ1v) is 6.25. The molecule has 0 spiro atoms. The molecule has 19 heavy (non-hydrogen) atoms. The van der Waals surface area contributed by atoms with Crippen LogP contribution in [0.15, 0.2) is 27.8 Å². The predicted molar refractivity (Wildman–Crippen MR) is 71.1 cm³/mol. The Balaban J connectivity index is 2.26. The van der Waals surface area contributed by atoms with Crippen LogP contribution in [0, 0.1) is 6.92 Å². The second kappa shape index (κ2) is 4.12. The summed E-state index contributed by atoms with van der Waals surface area (Å²) < 4.78 is 1.13. The van der Waals surface area contributed by atoms with Crippen LogP contribution >= 0.6 is 0 Å². The zero-order chi connectivity index (χ0) is 13.6. The maximum atomic E-state index is 11.9. The van der Waals surface area contributed by atoms with Crippen molar-refractivity contribution < 1.29 is 5.11 Å². The number of aryl methyl sites for hydroxylation is 2. The number of aromatic nitrogens is 2. The van der Waals surface area contributed by atoms with Gasteiger partial charge in [0.2, 0.25) is 5.88 Å². The van der Waals surface area contributed by atoms with E-state index in [1.54, 1.807) is 6.07 Å². The second-order valence-corrected chi connectivity index (χ2v) is 4.85. The van der Waals surface area contributed by atoms with E-state index in [1.165, 1.54) is 18.1 Å². The lowest BCUT2D eigenvalue weighted by Gasteiger charge is -2.11. The van der Waals surface area contributed by atoms with E-state index in [0.717, 1.165) is 23.8 Å². The minimum Gasteiger partial charge on any atom is -0.494 e. The number of nitrogens with zero attached hydrogens (tertiary/aromatic N) is 1. The van der Waals surface area contributed by atoms with Gasteiger partial charge in [0.15, 0.2) is 0 Å². The van der Waals surface area contributed by atoms with Gasteiger partial charge in [0, 0.05) is 0 Å². The standard InChI is InChI=1S/C14H14N2O3/c1-8-12(17)15-14(19)16(13(8)18)11-6-5-9-3-2-4-10(9)7-11/h5-7,18H,2-4H2,1H3,(H,15,17,19). The molecule has 0 radical (unpaired) electrons. The Kier molecular flexibility index (Phi) is 2.55. The van der Waals surface area contributed by atoms with Gasteiger partial charge in [-0.1, -0.05) is 6.07 Å². The fraction of sp³-hybridized carbons (Fsp3) is 0.286. The van der Waals surface area contributed by atoms with Crippen molar-refractivity contribution in [1.82, 2.24) is 9.55 Å². The molecule has 0 fully saturated rings. The molecule has 1 aliphatic carbocycles.